The third-order valence-corrected chi connectivity index (χ3v) is 5.98. The summed E-state index contributed by atoms with van der Waals surface area (Å²) in [6.07, 6.45) is 4.08. The van der Waals surface area contributed by atoms with E-state index < -0.39 is 0 Å². The number of anilines is 1. The maximum atomic E-state index is 11.9. The van der Waals surface area contributed by atoms with Crippen molar-refractivity contribution in [2.45, 2.75) is 49.8 Å². The summed E-state index contributed by atoms with van der Waals surface area (Å²) in [6.45, 7) is 7.18. The molecule has 0 aliphatic carbocycles. The van der Waals surface area contributed by atoms with Crippen LogP contribution >= 0.6 is 23.1 Å². The van der Waals surface area contributed by atoms with Gasteiger partial charge in [0.05, 0.1) is 6.61 Å². The topological polar surface area (TPSA) is 64.1 Å². The fraction of sp³-hybridized carbons (Fsp3) is 0.500. The molecule has 7 heteroatoms. The van der Waals surface area contributed by atoms with E-state index in [0.717, 1.165) is 16.5 Å². The molecule has 1 amide bonds. The first-order valence-corrected chi connectivity index (χ1v) is 10.4. The molecule has 0 spiro atoms. The van der Waals surface area contributed by atoms with Crippen LogP contribution in [0.4, 0.5) is 5.13 Å². The minimum absolute atomic E-state index is 0.0625. The number of rotatable bonds is 9. The number of benzene rings is 1. The molecule has 2 rings (SSSR count). The van der Waals surface area contributed by atoms with E-state index in [9.17, 15) is 4.79 Å². The van der Waals surface area contributed by atoms with Gasteiger partial charge in [-0.1, -0.05) is 56.0 Å². The highest BCUT2D eigenvalue weighted by Crippen LogP contribution is 2.28. The van der Waals surface area contributed by atoms with Gasteiger partial charge in [-0.15, -0.1) is 10.2 Å². The van der Waals surface area contributed by atoms with E-state index in [1.54, 1.807) is 0 Å². The van der Waals surface area contributed by atoms with Crippen LogP contribution in [0.1, 0.15) is 45.6 Å². The number of nitrogens with zero attached hydrogens (tertiary/aromatic N) is 2. The van der Waals surface area contributed by atoms with Gasteiger partial charge in [0, 0.05) is 6.42 Å². The summed E-state index contributed by atoms with van der Waals surface area (Å²) in [4.78, 5) is 11.9. The summed E-state index contributed by atoms with van der Waals surface area (Å²) < 4.78 is 6.56. The van der Waals surface area contributed by atoms with Crippen molar-refractivity contribution in [1.29, 1.82) is 0 Å². The third kappa shape index (κ3) is 6.01. The van der Waals surface area contributed by atoms with Crippen molar-refractivity contribution in [3.05, 3.63) is 29.8 Å². The molecule has 0 fully saturated rings. The molecule has 1 aromatic carbocycles. The van der Waals surface area contributed by atoms with Gasteiger partial charge >= 0.3 is 0 Å². The Morgan fingerprint density at radius 2 is 2.00 bits per heavy atom. The zero-order valence-corrected chi connectivity index (χ0v) is 16.8. The Hall–Kier alpha value is -1.60. The molecule has 0 saturated heterocycles. The molecule has 5 nitrogen and oxygen atoms in total. The predicted molar refractivity (Wildman–Crippen MR) is 105 cm³/mol. The van der Waals surface area contributed by atoms with Crippen molar-refractivity contribution >= 4 is 34.1 Å². The number of ether oxygens (including phenoxy) is 1. The highest BCUT2D eigenvalue weighted by molar-refractivity contribution is 8.00. The first-order valence-electron chi connectivity index (χ1n) is 8.35. The number of carbonyl (C=O) groups excluding carboxylic acids is 1. The molecule has 1 heterocycles. The Kier molecular flexibility index (Phi) is 7.25. The second-order valence-corrected chi connectivity index (χ2v) is 8.37. The van der Waals surface area contributed by atoms with Gasteiger partial charge in [-0.25, -0.2) is 0 Å². The first kappa shape index (κ1) is 19.7. The molecule has 0 unspecified atom stereocenters. The molecule has 1 aromatic heterocycles. The normalized spacial score (nSPS) is 11.4. The van der Waals surface area contributed by atoms with E-state index in [0.29, 0.717) is 24.6 Å². The van der Waals surface area contributed by atoms with Crippen molar-refractivity contribution in [2.24, 2.45) is 0 Å². The number of nitrogens with one attached hydrogen (secondary N) is 1. The molecule has 25 heavy (non-hydrogen) atoms. The Bertz CT molecular complexity index is 684. The summed E-state index contributed by atoms with van der Waals surface area (Å²) in [5, 5.41) is 11.2. The second kappa shape index (κ2) is 9.20. The lowest BCUT2D eigenvalue weighted by Crippen LogP contribution is -2.15. The van der Waals surface area contributed by atoms with Crippen molar-refractivity contribution in [3.63, 3.8) is 0 Å². The number of aromatic nitrogens is 2. The average molecular weight is 380 g/mol. The summed E-state index contributed by atoms with van der Waals surface area (Å²) >= 11 is 2.89. The molecule has 0 radical (unpaired) electrons. The fourth-order valence-corrected chi connectivity index (χ4v) is 3.34. The molecule has 0 atom stereocenters. The molecule has 0 saturated carbocycles. The molecule has 136 valence electrons. The molecule has 0 aliphatic rings. The molecule has 0 aliphatic heterocycles. The van der Waals surface area contributed by atoms with Gasteiger partial charge in [-0.3, -0.25) is 4.79 Å². The molecular weight excluding hydrogens is 354 g/mol. The number of carbonyl (C=O) groups is 1. The van der Waals surface area contributed by atoms with Crippen molar-refractivity contribution in [2.75, 3.05) is 18.2 Å². The maximum Gasteiger partial charge on any atom is 0.226 e. The molecule has 1 N–H and O–H groups in total. The molecule has 0 bridgehead atoms. The van der Waals surface area contributed by atoms with Crippen LogP contribution in [0.25, 0.3) is 0 Å². The van der Waals surface area contributed by atoms with E-state index in [1.165, 1.54) is 28.7 Å². The Labute approximate surface area is 157 Å². The van der Waals surface area contributed by atoms with Gasteiger partial charge in [-0.05, 0) is 42.2 Å². The highest BCUT2D eigenvalue weighted by atomic mass is 32.2. The van der Waals surface area contributed by atoms with E-state index in [2.05, 4.69) is 48.4 Å². The number of hydrogen-bond donors (Lipinski definition) is 1. The van der Waals surface area contributed by atoms with Crippen molar-refractivity contribution < 1.29 is 9.53 Å². The van der Waals surface area contributed by atoms with E-state index in [4.69, 9.17) is 4.74 Å². The molecule has 2 aromatic rings. The summed E-state index contributed by atoms with van der Waals surface area (Å²) in [5.74, 6) is 0.775. The highest BCUT2D eigenvalue weighted by Gasteiger charge is 2.17. The van der Waals surface area contributed by atoms with Crippen LogP contribution < -0.4 is 10.1 Å². The minimum atomic E-state index is -0.0625. The first-order chi connectivity index (χ1) is 11.9. The average Bonchev–Trinajstić information content (AvgIpc) is 3.06. The van der Waals surface area contributed by atoms with Gasteiger partial charge in [0.1, 0.15) is 5.75 Å². The van der Waals surface area contributed by atoms with E-state index in [1.807, 2.05) is 18.4 Å². The van der Waals surface area contributed by atoms with Gasteiger partial charge in [0.2, 0.25) is 11.0 Å². The van der Waals surface area contributed by atoms with Gasteiger partial charge < -0.3 is 10.1 Å². The monoisotopic (exact) mass is 379 g/mol. The number of thioether (sulfide) groups is 1. The SMILES string of the molecule is CCC(C)(C)c1ccc(OCCCC(=O)Nc2nnc(SC)s2)cc1. The number of amides is 1. The summed E-state index contributed by atoms with van der Waals surface area (Å²) in [6, 6.07) is 8.23. The van der Waals surface area contributed by atoms with Crippen LogP contribution in [-0.2, 0) is 10.2 Å². The quantitative estimate of drug-likeness (QED) is 0.387. The Balaban J connectivity index is 1.71. The summed E-state index contributed by atoms with van der Waals surface area (Å²) in [5.41, 5.74) is 1.49. The van der Waals surface area contributed by atoms with Crippen molar-refractivity contribution in [3.8, 4) is 5.75 Å². The minimum Gasteiger partial charge on any atom is -0.494 e. The van der Waals surface area contributed by atoms with Crippen LogP contribution in [0.2, 0.25) is 0 Å². The lowest BCUT2D eigenvalue weighted by molar-refractivity contribution is -0.116. The van der Waals surface area contributed by atoms with Gasteiger partial charge in [0.25, 0.3) is 0 Å². The lowest BCUT2D eigenvalue weighted by Gasteiger charge is -2.23. The van der Waals surface area contributed by atoms with Crippen LogP contribution in [-0.4, -0.2) is 29.0 Å². The van der Waals surface area contributed by atoms with Crippen LogP contribution in [0.3, 0.4) is 0 Å². The third-order valence-electron chi connectivity index (χ3n) is 4.16. The second-order valence-electron chi connectivity index (χ2n) is 6.34. The van der Waals surface area contributed by atoms with E-state index in [-0.39, 0.29) is 11.3 Å². The smallest absolute Gasteiger partial charge is 0.226 e. The van der Waals surface area contributed by atoms with Crippen LogP contribution in [0.5, 0.6) is 5.75 Å². The van der Waals surface area contributed by atoms with Crippen molar-refractivity contribution in [1.82, 2.24) is 10.2 Å². The largest absolute Gasteiger partial charge is 0.494 e. The maximum absolute atomic E-state index is 11.9. The lowest BCUT2D eigenvalue weighted by atomic mass is 9.82. The predicted octanol–water partition coefficient (Wildman–Crippen LogP) is 4.75. The van der Waals surface area contributed by atoms with Gasteiger partial charge in [0.15, 0.2) is 4.34 Å². The molecular formula is C18H25N3O2S2. The zero-order valence-electron chi connectivity index (χ0n) is 15.2. The Morgan fingerprint density at radius 3 is 2.60 bits per heavy atom. The zero-order chi connectivity index (χ0) is 18.3. The Morgan fingerprint density at radius 1 is 1.28 bits per heavy atom. The summed E-state index contributed by atoms with van der Waals surface area (Å²) in [7, 11) is 0. The van der Waals surface area contributed by atoms with Gasteiger partial charge in [-0.2, -0.15) is 0 Å². The standard InChI is InChI=1S/C18H25N3O2S2/c1-5-18(2,3)13-8-10-14(11-9-13)23-12-6-7-15(22)19-16-20-21-17(24-4)25-16/h8-11H,5-7,12H2,1-4H3,(H,19,20,22). The fourth-order valence-electron chi connectivity index (χ4n) is 2.15. The van der Waals surface area contributed by atoms with Crippen LogP contribution in [0.15, 0.2) is 28.6 Å². The van der Waals surface area contributed by atoms with E-state index >= 15 is 0 Å². The number of hydrogen-bond acceptors (Lipinski definition) is 6. The van der Waals surface area contributed by atoms with Crippen LogP contribution in [0, 0.1) is 0 Å².